The summed E-state index contributed by atoms with van der Waals surface area (Å²) in [5.74, 6) is 1.62. The maximum absolute atomic E-state index is 6.21. The molecule has 9 heteroatoms. The lowest BCUT2D eigenvalue weighted by atomic mass is 10.1. The highest BCUT2D eigenvalue weighted by atomic mass is 127. The van der Waals surface area contributed by atoms with Crippen LogP contribution in [0.2, 0.25) is 5.02 Å². The summed E-state index contributed by atoms with van der Waals surface area (Å²) in [6.45, 7) is 2.43. The van der Waals surface area contributed by atoms with Gasteiger partial charge in [-0.3, -0.25) is 4.99 Å². The second kappa shape index (κ2) is 11.4. The van der Waals surface area contributed by atoms with Crippen molar-refractivity contribution in [2.45, 2.75) is 19.0 Å². The van der Waals surface area contributed by atoms with Gasteiger partial charge in [0.2, 0.25) is 0 Å². The number of para-hydroxylation sites is 1. The SMILES string of the molecule is CN=C(NCc1ccccc1-n1ccnc1)NC1CCN(c2cc(Cl)ccc2OC)C1.I. The van der Waals surface area contributed by atoms with E-state index in [1.165, 1.54) is 5.56 Å². The fraction of sp³-hybridized carbons (Fsp3) is 0.304. The molecule has 2 heterocycles. The highest BCUT2D eigenvalue weighted by Gasteiger charge is 2.25. The average molecular weight is 567 g/mol. The van der Waals surface area contributed by atoms with E-state index in [0.717, 1.165) is 42.6 Å². The van der Waals surface area contributed by atoms with Crippen molar-refractivity contribution in [2.24, 2.45) is 4.99 Å². The van der Waals surface area contributed by atoms with Gasteiger partial charge in [0.05, 0.1) is 24.8 Å². The summed E-state index contributed by atoms with van der Waals surface area (Å²) in [5, 5.41) is 7.70. The summed E-state index contributed by atoms with van der Waals surface area (Å²) >= 11 is 6.21. The molecule has 32 heavy (non-hydrogen) atoms. The van der Waals surface area contributed by atoms with Crippen LogP contribution in [0.4, 0.5) is 5.69 Å². The Labute approximate surface area is 210 Å². The molecule has 1 aliphatic rings. The molecular weight excluding hydrogens is 539 g/mol. The number of ether oxygens (including phenoxy) is 1. The van der Waals surface area contributed by atoms with Crippen molar-refractivity contribution in [3.63, 3.8) is 0 Å². The fourth-order valence-electron chi connectivity index (χ4n) is 3.89. The van der Waals surface area contributed by atoms with E-state index in [1.807, 2.05) is 47.4 Å². The van der Waals surface area contributed by atoms with Gasteiger partial charge in [-0.05, 0) is 36.2 Å². The summed E-state index contributed by atoms with van der Waals surface area (Å²) in [7, 11) is 3.48. The summed E-state index contributed by atoms with van der Waals surface area (Å²) < 4.78 is 7.53. The van der Waals surface area contributed by atoms with Gasteiger partial charge < -0.3 is 24.8 Å². The highest BCUT2D eigenvalue weighted by molar-refractivity contribution is 14.0. The zero-order chi connectivity index (χ0) is 21.6. The Morgan fingerprint density at radius 1 is 1.25 bits per heavy atom. The van der Waals surface area contributed by atoms with Gasteiger partial charge in [-0.1, -0.05) is 29.8 Å². The summed E-state index contributed by atoms with van der Waals surface area (Å²) in [6.07, 6.45) is 6.54. The second-order valence-electron chi connectivity index (χ2n) is 7.42. The lowest BCUT2D eigenvalue weighted by Crippen LogP contribution is -2.44. The van der Waals surface area contributed by atoms with Crippen molar-refractivity contribution in [2.75, 3.05) is 32.1 Å². The number of guanidine groups is 1. The Morgan fingerprint density at radius 3 is 2.84 bits per heavy atom. The van der Waals surface area contributed by atoms with Crippen LogP contribution in [0.15, 0.2) is 66.2 Å². The molecule has 1 unspecified atom stereocenters. The number of aromatic nitrogens is 2. The number of nitrogens with one attached hydrogen (secondary N) is 2. The smallest absolute Gasteiger partial charge is 0.191 e. The molecule has 1 aliphatic heterocycles. The Hall–Kier alpha value is -2.46. The molecule has 3 aromatic rings. The molecule has 7 nitrogen and oxygen atoms in total. The van der Waals surface area contributed by atoms with Crippen LogP contribution in [0.1, 0.15) is 12.0 Å². The van der Waals surface area contributed by atoms with Gasteiger partial charge in [0, 0.05) is 50.1 Å². The molecule has 0 amide bonds. The number of aliphatic imine (C=N–C) groups is 1. The predicted octanol–water partition coefficient (Wildman–Crippen LogP) is 4.10. The molecule has 0 bridgehead atoms. The largest absolute Gasteiger partial charge is 0.495 e. The lowest BCUT2D eigenvalue weighted by molar-refractivity contribution is 0.415. The van der Waals surface area contributed by atoms with Crippen molar-refractivity contribution in [3.05, 3.63) is 71.8 Å². The van der Waals surface area contributed by atoms with Gasteiger partial charge in [-0.25, -0.2) is 4.98 Å². The maximum atomic E-state index is 6.21. The Bertz CT molecular complexity index is 1040. The van der Waals surface area contributed by atoms with Crippen LogP contribution in [-0.4, -0.2) is 48.8 Å². The topological polar surface area (TPSA) is 66.7 Å². The van der Waals surface area contributed by atoms with E-state index in [4.69, 9.17) is 16.3 Å². The van der Waals surface area contributed by atoms with E-state index in [0.29, 0.717) is 11.6 Å². The first-order valence-electron chi connectivity index (χ1n) is 10.3. The summed E-state index contributed by atoms with van der Waals surface area (Å²) in [6, 6.07) is 14.3. The zero-order valence-corrected chi connectivity index (χ0v) is 21.2. The van der Waals surface area contributed by atoms with Crippen LogP contribution < -0.4 is 20.3 Å². The number of hydrogen-bond acceptors (Lipinski definition) is 4. The minimum atomic E-state index is 0. The molecule has 0 spiro atoms. The molecular formula is C23H28ClIN6O. The van der Waals surface area contributed by atoms with E-state index in [9.17, 15) is 0 Å². The first-order chi connectivity index (χ1) is 15.2. The van der Waals surface area contributed by atoms with Gasteiger partial charge in [-0.15, -0.1) is 24.0 Å². The quantitative estimate of drug-likeness (QED) is 0.267. The van der Waals surface area contributed by atoms with Crippen molar-refractivity contribution < 1.29 is 4.74 Å². The molecule has 0 aliphatic carbocycles. The van der Waals surface area contributed by atoms with Crippen molar-refractivity contribution >= 4 is 47.2 Å². The van der Waals surface area contributed by atoms with E-state index in [2.05, 4.69) is 37.6 Å². The van der Waals surface area contributed by atoms with Gasteiger partial charge in [-0.2, -0.15) is 0 Å². The fourth-order valence-corrected chi connectivity index (χ4v) is 4.05. The first-order valence-corrected chi connectivity index (χ1v) is 10.7. The van der Waals surface area contributed by atoms with Gasteiger partial charge in [0.25, 0.3) is 0 Å². The van der Waals surface area contributed by atoms with Crippen LogP contribution in [0.5, 0.6) is 5.75 Å². The Kier molecular flexibility index (Phi) is 8.63. The number of halogens is 2. The number of imidazole rings is 1. The Morgan fingerprint density at radius 2 is 2.09 bits per heavy atom. The molecule has 1 atom stereocenters. The minimum Gasteiger partial charge on any atom is -0.495 e. The van der Waals surface area contributed by atoms with Crippen LogP contribution in [0, 0.1) is 0 Å². The highest BCUT2D eigenvalue weighted by Crippen LogP contribution is 2.33. The third-order valence-electron chi connectivity index (χ3n) is 5.45. The van der Waals surface area contributed by atoms with Crippen LogP contribution in [0.25, 0.3) is 5.69 Å². The molecule has 2 N–H and O–H groups in total. The van der Waals surface area contributed by atoms with Crippen LogP contribution in [0.3, 0.4) is 0 Å². The predicted molar refractivity (Wildman–Crippen MR) is 141 cm³/mol. The lowest BCUT2D eigenvalue weighted by Gasteiger charge is -2.22. The summed E-state index contributed by atoms with van der Waals surface area (Å²) in [4.78, 5) is 10.9. The monoisotopic (exact) mass is 566 g/mol. The van der Waals surface area contributed by atoms with E-state index in [1.54, 1.807) is 20.4 Å². The molecule has 170 valence electrons. The molecule has 1 fully saturated rings. The number of rotatable bonds is 6. The number of benzene rings is 2. The number of nitrogens with zero attached hydrogens (tertiary/aromatic N) is 4. The minimum absolute atomic E-state index is 0. The molecule has 0 radical (unpaired) electrons. The van der Waals surface area contributed by atoms with Crippen LogP contribution in [-0.2, 0) is 6.54 Å². The number of hydrogen-bond donors (Lipinski definition) is 2. The van der Waals surface area contributed by atoms with E-state index in [-0.39, 0.29) is 30.0 Å². The van der Waals surface area contributed by atoms with Gasteiger partial charge in [0.15, 0.2) is 5.96 Å². The van der Waals surface area contributed by atoms with Crippen molar-refractivity contribution in [1.82, 2.24) is 20.2 Å². The van der Waals surface area contributed by atoms with Gasteiger partial charge in [0.1, 0.15) is 5.75 Å². The molecule has 1 saturated heterocycles. The van der Waals surface area contributed by atoms with Crippen LogP contribution >= 0.6 is 35.6 Å². The van der Waals surface area contributed by atoms with Crippen molar-refractivity contribution in [3.8, 4) is 11.4 Å². The normalized spacial score (nSPS) is 15.9. The van der Waals surface area contributed by atoms with E-state index >= 15 is 0 Å². The third kappa shape index (κ3) is 5.66. The number of anilines is 1. The molecule has 4 rings (SSSR count). The molecule has 2 aromatic carbocycles. The molecule has 0 saturated carbocycles. The summed E-state index contributed by atoms with van der Waals surface area (Å²) in [5.41, 5.74) is 3.29. The molecule has 1 aromatic heterocycles. The standard InChI is InChI=1S/C23H27ClN6O.HI/c1-25-23(27-14-17-5-3-4-6-20(17)30-12-10-26-16-30)28-19-9-11-29(15-19)21-13-18(24)7-8-22(21)31-2;/h3-8,10,12-13,16,19H,9,11,14-15H2,1-2H3,(H2,25,27,28);1H. The maximum Gasteiger partial charge on any atom is 0.191 e. The van der Waals surface area contributed by atoms with Crippen molar-refractivity contribution in [1.29, 1.82) is 0 Å². The van der Waals surface area contributed by atoms with Gasteiger partial charge >= 0.3 is 0 Å². The average Bonchev–Trinajstić information content (AvgIpc) is 3.49. The zero-order valence-electron chi connectivity index (χ0n) is 18.2. The number of methoxy groups -OCH3 is 1. The first kappa shape index (κ1) is 24.2. The van der Waals surface area contributed by atoms with E-state index < -0.39 is 0 Å². The Balaban J connectivity index is 0.00000289. The second-order valence-corrected chi connectivity index (χ2v) is 7.85. The third-order valence-corrected chi connectivity index (χ3v) is 5.69.